The van der Waals surface area contributed by atoms with Gasteiger partial charge in [-0.05, 0) is 36.4 Å². The van der Waals surface area contributed by atoms with Crippen molar-refractivity contribution in [1.82, 2.24) is 14.3 Å². The van der Waals surface area contributed by atoms with Gasteiger partial charge >= 0.3 is 0 Å². The Bertz CT molecular complexity index is 1210. The Hall–Kier alpha value is -3.16. The third-order valence-corrected chi connectivity index (χ3v) is 5.15. The molecule has 1 aliphatic heterocycles. The minimum absolute atomic E-state index is 0.114. The molecule has 0 spiro atoms. The predicted octanol–water partition coefficient (Wildman–Crippen LogP) is 2.82. The minimum Gasteiger partial charge on any atom is -0.492 e. The number of ether oxygens (including phenoxy) is 2. The summed E-state index contributed by atoms with van der Waals surface area (Å²) in [5.74, 6) is 1.12. The smallest absolute Gasteiger partial charge is 0.193 e. The van der Waals surface area contributed by atoms with Gasteiger partial charge in [0.05, 0.1) is 24.9 Å². The highest BCUT2D eigenvalue weighted by atomic mass is 16.5. The van der Waals surface area contributed by atoms with Crippen LogP contribution in [-0.4, -0.2) is 53.7 Å². The maximum atomic E-state index is 12.7. The highest BCUT2D eigenvalue weighted by molar-refractivity contribution is 5.80. The van der Waals surface area contributed by atoms with E-state index in [1.165, 1.54) is 6.07 Å². The van der Waals surface area contributed by atoms with Crippen molar-refractivity contribution in [2.75, 3.05) is 39.5 Å². The Balaban J connectivity index is 1.36. The highest BCUT2D eigenvalue weighted by Crippen LogP contribution is 2.24. The molecule has 0 saturated carbocycles. The van der Waals surface area contributed by atoms with Crippen LogP contribution in [-0.2, 0) is 4.74 Å². The molecule has 0 N–H and O–H groups in total. The summed E-state index contributed by atoms with van der Waals surface area (Å²) in [6.07, 6.45) is 3.63. The first-order chi connectivity index (χ1) is 14.3. The van der Waals surface area contributed by atoms with Crippen LogP contribution in [0.25, 0.3) is 27.9 Å². The molecule has 4 heterocycles. The summed E-state index contributed by atoms with van der Waals surface area (Å²) in [5.41, 5.74) is 2.02. The average molecular weight is 391 g/mol. The van der Waals surface area contributed by atoms with Crippen LogP contribution in [0.5, 0.6) is 5.75 Å². The average Bonchev–Trinajstić information content (AvgIpc) is 3.23. The number of nitrogens with zero attached hydrogens (tertiary/aromatic N) is 3. The Morgan fingerprint density at radius 1 is 1.10 bits per heavy atom. The molecule has 0 radical (unpaired) electrons. The van der Waals surface area contributed by atoms with Crippen molar-refractivity contribution in [3.63, 3.8) is 0 Å². The molecule has 1 saturated heterocycles. The van der Waals surface area contributed by atoms with Gasteiger partial charge in [-0.1, -0.05) is 0 Å². The molecule has 3 aromatic heterocycles. The molecule has 0 atom stereocenters. The second-order valence-corrected chi connectivity index (χ2v) is 7.05. The molecule has 1 aliphatic rings. The normalized spacial score (nSPS) is 15.2. The van der Waals surface area contributed by atoms with Gasteiger partial charge in [0.15, 0.2) is 11.2 Å². The Kier molecular flexibility index (Phi) is 4.75. The van der Waals surface area contributed by atoms with E-state index in [4.69, 9.17) is 13.9 Å². The SMILES string of the molecule is O=c1cc(-c2cc3cccn3cn2)oc2ccc(OCCN3CCOCC3)cc12. The fourth-order valence-corrected chi connectivity index (χ4v) is 3.54. The van der Waals surface area contributed by atoms with Crippen LogP contribution >= 0.6 is 0 Å². The van der Waals surface area contributed by atoms with Gasteiger partial charge in [0.2, 0.25) is 0 Å². The van der Waals surface area contributed by atoms with E-state index in [-0.39, 0.29) is 5.43 Å². The first kappa shape index (κ1) is 17.9. The maximum Gasteiger partial charge on any atom is 0.193 e. The van der Waals surface area contributed by atoms with Crippen LogP contribution in [0, 0.1) is 0 Å². The minimum atomic E-state index is -0.114. The van der Waals surface area contributed by atoms with Gasteiger partial charge < -0.3 is 18.3 Å². The summed E-state index contributed by atoms with van der Waals surface area (Å²) in [7, 11) is 0. The molecular weight excluding hydrogens is 370 g/mol. The number of morpholine rings is 1. The van der Waals surface area contributed by atoms with Crippen molar-refractivity contribution in [3.05, 3.63) is 65.2 Å². The molecule has 0 amide bonds. The molecule has 7 nitrogen and oxygen atoms in total. The lowest BCUT2D eigenvalue weighted by atomic mass is 10.2. The maximum absolute atomic E-state index is 12.7. The number of benzene rings is 1. The van der Waals surface area contributed by atoms with E-state index < -0.39 is 0 Å². The number of rotatable bonds is 5. The molecule has 0 unspecified atom stereocenters. The van der Waals surface area contributed by atoms with E-state index in [2.05, 4.69) is 9.88 Å². The third-order valence-electron chi connectivity index (χ3n) is 5.15. The molecule has 29 heavy (non-hydrogen) atoms. The van der Waals surface area contributed by atoms with Crippen molar-refractivity contribution in [3.8, 4) is 17.2 Å². The third kappa shape index (κ3) is 3.74. The van der Waals surface area contributed by atoms with Gasteiger partial charge in [-0.3, -0.25) is 9.69 Å². The first-order valence-corrected chi connectivity index (χ1v) is 9.70. The van der Waals surface area contributed by atoms with Gasteiger partial charge in [0.1, 0.15) is 23.6 Å². The summed E-state index contributed by atoms with van der Waals surface area (Å²) in [4.78, 5) is 19.4. The molecule has 0 bridgehead atoms. The van der Waals surface area contributed by atoms with Crippen molar-refractivity contribution in [2.45, 2.75) is 0 Å². The van der Waals surface area contributed by atoms with E-state index in [9.17, 15) is 4.79 Å². The fourth-order valence-electron chi connectivity index (χ4n) is 3.54. The van der Waals surface area contributed by atoms with E-state index >= 15 is 0 Å². The van der Waals surface area contributed by atoms with Crippen molar-refractivity contribution >= 4 is 16.5 Å². The van der Waals surface area contributed by atoms with E-state index in [1.807, 2.05) is 34.9 Å². The van der Waals surface area contributed by atoms with Crippen molar-refractivity contribution in [2.24, 2.45) is 0 Å². The second-order valence-electron chi connectivity index (χ2n) is 7.05. The lowest BCUT2D eigenvalue weighted by Crippen LogP contribution is -2.38. The molecular formula is C22H21N3O4. The van der Waals surface area contributed by atoms with Gasteiger partial charge in [0.25, 0.3) is 0 Å². The molecule has 4 aromatic rings. The largest absolute Gasteiger partial charge is 0.492 e. The fraction of sp³-hybridized carbons (Fsp3) is 0.273. The summed E-state index contributed by atoms with van der Waals surface area (Å²) < 4.78 is 19.1. The Morgan fingerprint density at radius 2 is 2.00 bits per heavy atom. The Labute approximate surface area is 167 Å². The zero-order valence-corrected chi connectivity index (χ0v) is 15.9. The number of hydrogen-bond acceptors (Lipinski definition) is 6. The lowest BCUT2D eigenvalue weighted by Gasteiger charge is -2.26. The summed E-state index contributed by atoms with van der Waals surface area (Å²) in [5, 5.41) is 0.501. The van der Waals surface area contributed by atoms with Crippen LogP contribution in [0.3, 0.4) is 0 Å². The summed E-state index contributed by atoms with van der Waals surface area (Å²) >= 11 is 0. The molecule has 1 aromatic carbocycles. The number of aromatic nitrogens is 2. The van der Waals surface area contributed by atoms with Gasteiger partial charge in [-0.15, -0.1) is 0 Å². The van der Waals surface area contributed by atoms with Crippen LogP contribution in [0.1, 0.15) is 0 Å². The molecule has 7 heteroatoms. The van der Waals surface area contributed by atoms with Gasteiger partial charge in [0, 0.05) is 37.4 Å². The second kappa shape index (κ2) is 7.69. The van der Waals surface area contributed by atoms with Gasteiger partial charge in [-0.2, -0.15) is 0 Å². The lowest BCUT2D eigenvalue weighted by molar-refractivity contribution is 0.0322. The van der Waals surface area contributed by atoms with E-state index in [1.54, 1.807) is 18.5 Å². The van der Waals surface area contributed by atoms with Gasteiger partial charge in [-0.25, -0.2) is 4.98 Å². The van der Waals surface area contributed by atoms with Crippen LogP contribution < -0.4 is 10.2 Å². The molecule has 5 rings (SSSR count). The van der Waals surface area contributed by atoms with Crippen molar-refractivity contribution < 1.29 is 13.9 Å². The topological polar surface area (TPSA) is 69.2 Å². The highest BCUT2D eigenvalue weighted by Gasteiger charge is 2.12. The summed E-state index contributed by atoms with van der Waals surface area (Å²) in [6, 6.07) is 12.7. The van der Waals surface area contributed by atoms with Crippen LogP contribution in [0.2, 0.25) is 0 Å². The molecule has 148 valence electrons. The zero-order valence-electron chi connectivity index (χ0n) is 15.9. The predicted molar refractivity (Wildman–Crippen MR) is 109 cm³/mol. The monoisotopic (exact) mass is 391 g/mol. The quantitative estimate of drug-likeness (QED) is 0.521. The standard InChI is InChI=1S/C22H21N3O4/c26-20-14-22(19-12-16-2-1-5-25(16)15-23-19)29-21-4-3-17(13-18(20)21)28-11-8-24-6-9-27-10-7-24/h1-5,12-15H,6-11H2. The summed E-state index contributed by atoms with van der Waals surface area (Å²) in [6.45, 7) is 4.79. The zero-order chi connectivity index (χ0) is 19.6. The Morgan fingerprint density at radius 3 is 2.90 bits per heavy atom. The van der Waals surface area contributed by atoms with E-state index in [0.29, 0.717) is 34.8 Å². The van der Waals surface area contributed by atoms with Crippen molar-refractivity contribution in [1.29, 1.82) is 0 Å². The molecule has 1 fully saturated rings. The molecule has 0 aliphatic carbocycles. The van der Waals surface area contributed by atoms with E-state index in [0.717, 1.165) is 38.4 Å². The number of hydrogen-bond donors (Lipinski definition) is 0. The van der Waals surface area contributed by atoms with Crippen LogP contribution in [0.4, 0.5) is 0 Å². The number of fused-ring (bicyclic) bond motifs is 2. The first-order valence-electron chi connectivity index (χ1n) is 9.70. The van der Waals surface area contributed by atoms with Crippen LogP contribution in [0.15, 0.2) is 64.2 Å².